The molecule has 0 aromatic heterocycles. The average Bonchev–Trinajstić information content (AvgIpc) is 0.909. The first-order chi connectivity index (χ1) is 51.7. The van der Waals surface area contributed by atoms with Crippen molar-refractivity contribution in [3.05, 3.63) is 158 Å². The SMILES string of the molecule is CC/C=C\C/C=C\C/C=C\C/C=C\C/C=C\C/C=C\CCC(=O)OCC(COP(=O)(O)OCC(O)COP(=O)(O)OCC(COC(=O)CCCCCC/C=C\C/C=C\C/C=C\C/C=C\CC)OC(=O)CCCCCCC/C=C\CCCCCCCC)OC(=O)CCCCCCC/C=C\C/C=C\CCCCC. The number of ether oxygens (including phenoxy) is 4. The summed E-state index contributed by atoms with van der Waals surface area (Å²) in [7, 11) is -10.0. The van der Waals surface area contributed by atoms with Crippen molar-refractivity contribution in [2.75, 3.05) is 39.6 Å². The Morgan fingerprint density at radius 1 is 0.274 bits per heavy atom. The minimum Gasteiger partial charge on any atom is -0.462 e. The van der Waals surface area contributed by atoms with Crippen molar-refractivity contribution in [2.45, 2.75) is 329 Å². The zero-order chi connectivity index (χ0) is 77.4. The van der Waals surface area contributed by atoms with Gasteiger partial charge in [0.15, 0.2) is 12.2 Å². The molecule has 0 amide bonds. The second-order valence-corrected chi connectivity index (χ2v) is 29.5. The molecular weight excluding hydrogens is 1380 g/mol. The van der Waals surface area contributed by atoms with E-state index in [-0.39, 0.29) is 25.7 Å². The van der Waals surface area contributed by atoms with E-state index >= 15 is 0 Å². The Hall–Kier alpha value is -5.32. The van der Waals surface area contributed by atoms with Gasteiger partial charge in [0.1, 0.15) is 19.3 Å². The lowest BCUT2D eigenvalue weighted by molar-refractivity contribution is -0.161. The number of aliphatic hydroxyl groups excluding tert-OH is 1. The molecule has 604 valence electrons. The molecule has 0 aromatic rings. The van der Waals surface area contributed by atoms with Crippen molar-refractivity contribution in [1.82, 2.24) is 0 Å². The van der Waals surface area contributed by atoms with Gasteiger partial charge in [-0.3, -0.25) is 37.3 Å². The summed E-state index contributed by atoms with van der Waals surface area (Å²) >= 11 is 0. The zero-order valence-corrected chi connectivity index (χ0v) is 67.8. The number of phosphoric ester groups is 2. The molecule has 5 unspecified atom stereocenters. The van der Waals surface area contributed by atoms with E-state index in [1.54, 1.807) is 0 Å². The molecule has 0 aliphatic rings. The van der Waals surface area contributed by atoms with Crippen molar-refractivity contribution >= 4 is 39.5 Å². The van der Waals surface area contributed by atoms with E-state index in [1.807, 2.05) is 18.2 Å². The van der Waals surface area contributed by atoms with Crippen LogP contribution in [0.5, 0.6) is 0 Å². The van der Waals surface area contributed by atoms with Gasteiger partial charge in [0.2, 0.25) is 0 Å². The van der Waals surface area contributed by atoms with E-state index < -0.39 is 97.5 Å². The Kier molecular flexibility index (Phi) is 73.9. The summed E-state index contributed by atoms with van der Waals surface area (Å²) in [6.45, 7) is 4.48. The maximum absolute atomic E-state index is 13.1. The molecule has 106 heavy (non-hydrogen) atoms. The van der Waals surface area contributed by atoms with Crippen LogP contribution < -0.4 is 0 Å². The van der Waals surface area contributed by atoms with Crippen molar-refractivity contribution in [3.63, 3.8) is 0 Å². The number of aliphatic hydroxyl groups is 1. The Morgan fingerprint density at radius 2 is 0.509 bits per heavy atom. The first-order valence-corrected chi connectivity index (χ1v) is 43.7. The van der Waals surface area contributed by atoms with Gasteiger partial charge in [0.25, 0.3) is 0 Å². The molecule has 17 nitrogen and oxygen atoms in total. The Labute approximate surface area is 642 Å². The molecular formula is C87H144O17P2. The smallest absolute Gasteiger partial charge is 0.462 e. The number of esters is 4. The van der Waals surface area contributed by atoms with E-state index in [0.717, 1.165) is 167 Å². The highest BCUT2D eigenvalue weighted by Gasteiger charge is 2.30. The van der Waals surface area contributed by atoms with Gasteiger partial charge in [-0.2, -0.15) is 0 Å². The van der Waals surface area contributed by atoms with Crippen LogP contribution in [0.15, 0.2) is 158 Å². The van der Waals surface area contributed by atoms with Crippen LogP contribution in [0, 0.1) is 0 Å². The van der Waals surface area contributed by atoms with Crippen LogP contribution in [0.3, 0.4) is 0 Å². The Morgan fingerprint density at radius 3 is 0.840 bits per heavy atom. The van der Waals surface area contributed by atoms with E-state index in [1.165, 1.54) is 57.8 Å². The van der Waals surface area contributed by atoms with Crippen LogP contribution in [0.2, 0.25) is 0 Å². The Balaban J connectivity index is 5.48. The second-order valence-electron chi connectivity index (χ2n) is 26.6. The van der Waals surface area contributed by atoms with Gasteiger partial charge in [-0.1, -0.05) is 282 Å². The minimum absolute atomic E-state index is 0.0281. The molecule has 0 bridgehead atoms. The quantitative estimate of drug-likeness (QED) is 0.0169. The third-order valence-corrected chi connectivity index (χ3v) is 18.4. The van der Waals surface area contributed by atoms with Crippen LogP contribution in [0.25, 0.3) is 0 Å². The van der Waals surface area contributed by atoms with Crippen molar-refractivity contribution in [2.24, 2.45) is 0 Å². The lowest BCUT2D eigenvalue weighted by atomic mass is 10.1. The molecule has 0 aliphatic heterocycles. The number of carbonyl (C=O) groups is 4. The van der Waals surface area contributed by atoms with Crippen molar-refractivity contribution in [1.29, 1.82) is 0 Å². The normalized spacial score (nSPS) is 14.7. The first-order valence-electron chi connectivity index (χ1n) is 40.7. The molecule has 0 rings (SSSR count). The van der Waals surface area contributed by atoms with Crippen LogP contribution >= 0.6 is 15.6 Å². The molecule has 0 aliphatic carbocycles. The summed E-state index contributed by atoms with van der Waals surface area (Å²) in [5.41, 5.74) is 0. The maximum atomic E-state index is 13.1. The number of carbonyl (C=O) groups excluding carboxylic acids is 4. The van der Waals surface area contributed by atoms with E-state index in [4.69, 9.17) is 37.0 Å². The van der Waals surface area contributed by atoms with Crippen LogP contribution in [-0.4, -0.2) is 96.7 Å². The molecule has 0 radical (unpaired) electrons. The van der Waals surface area contributed by atoms with Crippen LogP contribution in [0.1, 0.15) is 310 Å². The first kappa shape index (κ1) is 101. The van der Waals surface area contributed by atoms with E-state index in [0.29, 0.717) is 32.1 Å². The fourth-order valence-electron chi connectivity index (χ4n) is 10.3. The molecule has 0 spiro atoms. The highest BCUT2D eigenvalue weighted by molar-refractivity contribution is 7.47. The third-order valence-electron chi connectivity index (χ3n) is 16.5. The molecule has 0 fully saturated rings. The van der Waals surface area contributed by atoms with Gasteiger partial charge in [-0.25, -0.2) is 9.13 Å². The monoisotopic (exact) mass is 1520 g/mol. The number of rotatable bonds is 75. The number of hydrogen-bond acceptors (Lipinski definition) is 15. The van der Waals surface area contributed by atoms with Crippen LogP contribution in [-0.2, 0) is 65.4 Å². The average molecular weight is 1520 g/mol. The van der Waals surface area contributed by atoms with Gasteiger partial charge in [-0.05, 0) is 161 Å². The van der Waals surface area contributed by atoms with Gasteiger partial charge < -0.3 is 33.8 Å². The number of hydrogen-bond donors (Lipinski definition) is 3. The topological polar surface area (TPSA) is 237 Å². The largest absolute Gasteiger partial charge is 0.472 e. The van der Waals surface area contributed by atoms with Crippen LogP contribution in [0.4, 0.5) is 0 Å². The summed E-state index contributed by atoms with van der Waals surface area (Å²) in [6, 6.07) is 0. The number of unbranched alkanes of at least 4 members (excludes halogenated alkanes) is 23. The molecule has 3 N–H and O–H groups in total. The minimum atomic E-state index is -5.01. The molecule has 0 aromatic carbocycles. The molecule has 0 saturated carbocycles. The zero-order valence-electron chi connectivity index (χ0n) is 66.1. The lowest BCUT2D eigenvalue weighted by Crippen LogP contribution is -2.30. The highest BCUT2D eigenvalue weighted by atomic mass is 31.2. The highest BCUT2D eigenvalue weighted by Crippen LogP contribution is 2.45. The predicted molar refractivity (Wildman–Crippen MR) is 436 cm³/mol. The fourth-order valence-corrected chi connectivity index (χ4v) is 11.9. The molecule has 19 heteroatoms. The fraction of sp³-hybridized carbons (Fsp3) is 0.655. The van der Waals surface area contributed by atoms with E-state index in [9.17, 15) is 43.2 Å². The van der Waals surface area contributed by atoms with Gasteiger partial charge >= 0.3 is 39.5 Å². The number of phosphoric acid groups is 2. The maximum Gasteiger partial charge on any atom is 0.472 e. The van der Waals surface area contributed by atoms with E-state index in [2.05, 4.69) is 167 Å². The van der Waals surface area contributed by atoms with Gasteiger partial charge in [0, 0.05) is 25.7 Å². The van der Waals surface area contributed by atoms with Gasteiger partial charge in [0.05, 0.1) is 26.4 Å². The third kappa shape index (κ3) is 76.9. The summed E-state index contributed by atoms with van der Waals surface area (Å²) in [5.74, 6) is -2.33. The van der Waals surface area contributed by atoms with Gasteiger partial charge in [-0.15, -0.1) is 0 Å². The summed E-state index contributed by atoms with van der Waals surface area (Å²) in [5, 5.41) is 10.7. The second kappa shape index (κ2) is 77.8. The summed E-state index contributed by atoms with van der Waals surface area (Å²) in [6.07, 6.45) is 90.9. The lowest BCUT2D eigenvalue weighted by Gasteiger charge is -2.21. The summed E-state index contributed by atoms with van der Waals surface area (Å²) in [4.78, 5) is 73.1. The predicted octanol–water partition coefficient (Wildman–Crippen LogP) is 24.0. The Bertz CT molecular complexity index is 2630. The molecule has 0 heterocycles. The number of allylic oxidation sites excluding steroid dienone is 26. The van der Waals surface area contributed by atoms with Crippen molar-refractivity contribution < 1.29 is 80.2 Å². The standard InChI is InChI=1S/C87H144O17P2/c1-5-9-13-17-21-25-29-33-37-39-40-42-46-48-52-56-60-64-68-72-85(90)98-78-83(104-87(92)74-70-66-62-58-54-50-44-36-32-28-24-20-16-12-8-4)80-102-106(95,96)100-76-81(88)75-99-105(93,94)101-79-82(103-86(91)73-69-65-61-57-53-49-43-35-31-27-23-19-15-11-7-3)77-97-84(89)71-67-63-59-55-51-47-45-41-38-34-30-26-22-18-14-10-6-2/h9-10,13-14,21-22,24-26,28,33-38,40,42-45,47-48,52,60,64,81-83,88H,5-8,11-12,15-20,23,27,29-32,39,41,46,49-51,53-59,61-63,65-80H2,1-4H3,(H,93,94)(H,95,96)/b13-9-,14-10-,25-21-,26-22-,28-24-,37-33-,38-34-,42-40-,43-35-,44-36-,47-45-,52-48-,64-60-. The van der Waals surface area contributed by atoms with Crippen molar-refractivity contribution in [3.8, 4) is 0 Å². The molecule has 0 saturated heterocycles. The molecule has 5 atom stereocenters. The summed E-state index contributed by atoms with van der Waals surface area (Å²) < 4.78 is 68.6.